The first-order chi connectivity index (χ1) is 6.93. The van der Waals surface area contributed by atoms with Crippen LogP contribution in [0.1, 0.15) is 26.2 Å². The molecule has 0 aliphatic heterocycles. The molecule has 0 amide bonds. The Morgan fingerprint density at radius 1 is 1.38 bits per heavy atom. The molecule has 0 saturated heterocycles. The van der Waals surface area contributed by atoms with Gasteiger partial charge in [0.05, 0.1) is 0 Å². The van der Waals surface area contributed by atoms with Crippen LogP contribution in [0.25, 0.3) is 0 Å². The van der Waals surface area contributed by atoms with Gasteiger partial charge in [-0.25, -0.2) is 0 Å². The smallest absolute Gasteiger partial charge is 0.445 e. The van der Waals surface area contributed by atoms with E-state index in [2.05, 4.69) is 6.58 Å². The van der Waals surface area contributed by atoms with E-state index in [0.717, 1.165) is 19.5 Å². The molecule has 0 aromatic carbocycles. The topological polar surface area (TPSA) is 3.24 Å². The van der Waals surface area contributed by atoms with Gasteiger partial charge < -0.3 is 17.8 Å². The van der Waals surface area contributed by atoms with E-state index in [9.17, 15) is 12.9 Å². The predicted octanol–water partition coefficient (Wildman–Crippen LogP) is 0.0552. The zero-order chi connectivity index (χ0) is 11.5. The van der Waals surface area contributed by atoms with E-state index in [1.54, 1.807) is 0 Å². The summed E-state index contributed by atoms with van der Waals surface area (Å²) < 4.78 is 37.0. The number of hydrogen-bond donors (Lipinski definition) is 0. The van der Waals surface area contributed by atoms with Crippen LogP contribution in [0.4, 0.5) is 12.9 Å². The molecule has 0 bridgehead atoms. The van der Waals surface area contributed by atoms with Crippen molar-refractivity contribution in [2.45, 2.75) is 26.2 Å². The summed E-state index contributed by atoms with van der Waals surface area (Å²) in [6, 6.07) is 0. The third kappa shape index (κ3) is 6.81. The predicted molar refractivity (Wildman–Crippen MR) is 57.7 cm³/mol. The van der Waals surface area contributed by atoms with Crippen LogP contribution in [-0.4, -0.2) is 31.5 Å². The third-order valence-electron chi connectivity index (χ3n) is 2.64. The van der Waals surface area contributed by atoms with Crippen LogP contribution in [0.3, 0.4) is 0 Å². The van der Waals surface area contributed by atoms with E-state index in [-0.39, 0.29) is 57.9 Å². The molecule has 0 aromatic rings. The van der Waals surface area contributed by atoms with E-state index in [1.165, 1.54) is 12.8 Å². The first-order valence-electron chi connectivity index (χ1n) is 5.53. The molecule has 1 aliphatic rings. The molecular weight excluding hydrogens is 241 g/mol. The molecule has 0 heterocycles. The summed E-state index contributed by atoms with van der Waals surface area (Å²) in [7, 11) is 0. The molecule has 1 fully saturated rings. The van der Waals surface area contributed by atoms with Crippen LogP contribution in [0.15, 0.2) is 12.1 Å². The standard InChI is InChI=1S/C10H18BF3N.K/c1-3-6-15(8-10-4-5-10)7-9(2)11(12,13)14;/h10H,2-8H2,1H3;/q-1;+1. The van der Waals surface area contributed by atoms with Gasteiger partial charge in [0.1, 0.15) is 0 Å². The van der Waals surface area contributed by atoms with E-state index in [1.807, 2.05) is 11.8 Å². The molecule has 1 nitrogen and oxygen atoms in total. The Kier molecular flexibility index (Phi) is 8.15. The van der Waals surface area contributed by atoms with Gasteiger partial charge in [0.25, 0.3) is 0 Å². The van der Waals surface area contributed by atoms with E-state index >= 15 is 0 Å². The van der Waals surface area contributed by atoms with Gasteiger partial charge in [-0.2, -0.15) is 0 Å². The number of nitrogens with zero attached hydrogens (tertiary/aromatic N) is 1. The monoisotopic (exact) mass is 259 g/mol. The van der Waals surface area contributed by atoms with E-state index in [0.29, 0.717) is 5.92 Å². The Bertz CT molecular complexity index is 229. The molecule has 6 heteroatoms. The molecule has 0 spiro atoms. The van der Waals surface area contributed by atoms with Crippen molar-refractivity contribution in [1.82, 2.24) is 4.90 Å². The molecule has 1 saturated carbocycles. The largest absolute Gasteiger partial charge is 1.00 e. The van der Waals surface area contributed by atoms with Crippen molar-refractivity contribution in [2.75, 3.05) is 19.6 Å². The third-order valence-corrected chi connectivity index (χ3v) is 2.64. The maximum Gasteiger partial charge on any atom is 1.00 e. The Morgan fingerprint density at radius 2 is 1.94 bits per heavy atom. The van der Waals surface area contributed by atoms with Crippen molar-refractivity contribution < 1.29 is 64.3 Å². The fraction of sp³-hybridized carbons (Fsp3) is 0.800. The number of hydrogen-bond acceptors (Lipinski definition) is 1. The van der Waals surface area contributed by atoms with Gasteiger partial charge in [-0.1, -0.05) is 6.92 Å². The second-order valence-electron chi connectivity index (χ2n) is 4.41. The van der Waals surface area contributed by atoms with Gasteiger partial charge in [-0.3, -0.25) is 0 Å². The van der Waals surface area contributed by atoms with E-state index in [4.69, 9.17) is 0 Å². The summed E-state index contributed by atoms with van der Waals surface area (Å²) >= 11 is 0. The summed E-state index contributed by atoms with van der Waals surface area (Å²) in [5, 5.41) is 0. The van der Waals surface area contributed by atoms with Crippen molar-refractivity contribution in [1.29, 1.82) is 0 Å². The molecule has 88 valence electrons. The quantitative estimate of drug-likeness (QED) is 0.584. The summed E-state index contributed by atoms with van der Waals surface area (Å²) in [5.74, 6) is 0.630. The maximum atomic E-state index is 12.3. The van der Waals surface area contributed by atoms with Crippen LogP contribution in [0.5, 0.6) is 0 Å². The zero-order valence-corrected chi connectivity index (χ0v) is 13.3. The second kappa shape index (κ2) is 7.59. The molecule has 0 N–H and O–H groups in total. The van der Waals surface area contributed by atoms with Crippen LogP contribution in [0.2, 0.25) is 0 Å². The average molecular weight is 259 g/mol. The van der Waals surface area contributed by atoms with Gasteiger partial charge in [-0.15, -0.1) is 12.1 Å². The molecule has 0 radical (unpaired) electrons. The van der Waals surface area contributed by atoms with Gasteiger partial charge in [0.15, 0.2) is 0 Å². The Labute approximate surface area is 138 Å². The average Bonchev–Trinajstić information content (AvgIpc) is 2.86. The number of rotatable bonds is 7. The van der Waals surface area contributed by atoms with Crippen molar-refractivity contribution >= 4 is 6.98 Å². The second-order valence-corrected chi connectivity index (χ2v) is 4.41. The van der Waals surface area contributed by atoms with Crippen LogP contribution >= 0.6 is 0 Å². The molecular formula is C10H18BF3KN. The molecule has 16 heavy (non-hydrogen) atoms. The van der Waals surface area contributed by atoms with Crippen LogP contribution in [-0.2, 0) is 0 Å². The first kappa shape index (κ1) is 17.2. The molecule has 0 atom stereocenters. The number of halogens is 3. The van der Waals surface area contributed by atoms with E-state index < -0.39 is 12.4 Å². The summed E-state index contributed by atoms with van der Waals surface area (Å²) in [4.78, 5) is 1.88. The van der Waals surface area contributed by atoms with Gasteiger partial charge >= 0.3 is 58.4 Å². The van der Waals surface area contributed by atoms with Gasteiger partial charge in [0.2, 0.25) is 0 Å². The maximum absolute atomic E-state index is 12.3. The van der Waals surface area contributed by atoms with Crippen molar-refractivity contribution in [3.05, 3.63) is 12.1 Å². The van der Waals surface area contributed by atoms with Crippen LogP contribution < -0.4 is 51.4 Å². The minimum absolute atomic E-state index is 0. The zero-order valence-electron chi connectivity index (χ0n) is 10.2. The van der Waals surface area contributed by atoms with Crippen molar-refractivity contribution in [3.8, 4) is 0 Å². The Balaban J connectivity index is 0.00000225. The minimum Gasteiger partial charge on any atom is -0.445 e. The fourth-order valence-electron chi connectivity index (χ4n) is 1.61. The Hall–Kier alpha value is 1.19. The van der Waals surface area contributed by atoms with Crippen molar-refractivity contribution in [2.24, 2.45) is 5.92 Å². The molecule has 0 unspecified atom stereocenters. The summed E-state index contributed by atoms with van der Waals surface area (Å²) in [5.41, 5.74) is -0.566. The van der Waals surface area contributed by atoms with Crippen molar-refractivity contribution in [3.63, 3.8) is 0 Å². The molecule has 0 aromatic heterocycles. The van der Waals surface area contributed by atoms with Gasteiger partial charge in [-0.05, 0) is 38.3 Å². The van der Waals surface area contributed by atoms with Gasteiger partial charge in [0, 0.05) is 6.54 Å². The summed E-state index contributed by atoms with van der Waals surface area (Å²) in [6.07, 6.45) is 3.23. The summed E-state index contributed by atoms with van der Waals surface area (Å²) in [6.45, 7) is 1.80. The normalized spacial score (nSPS) is 16.1. The fourth-order valence-corrected chi connectivity index (χ4v) is 1.61. The Morgan fingerprint density at radius 3 is 2.31 bits per heavy atom. The first-order valence-corrected chi connectivity index (χ1v) is 5.53. The SMILES string of the molecule is C=C(CN(CCC)CC1CC1)[B-](F)(F)F.[K+]. The van der Waals surface area contributed by atoms with Crippen LogP contribution in [0, 0.1) is 5.92 Å². The molecule has 1 aliphatic carbocycles. The minimum atomic E-state index is -4.86. The molecule has 1 rings (SSSR count).